The van der Waals surface area contributed by atoms with Crippen LogP contribution in [-0.2, 0) is 47.4 Å². The second-order valence-corrected chi connectivity index (χ2v) is 13.6. The Morgan fingerprint density at radius 1 is 0.526 bits per heavy atom. The van der Waals surface area contributed by atoms with Crippen LogP contribution in [0.15, 0.2) is 121 Å². The van der Waals surface area contributed by atoms with E-state index in [4.69, 9.17) is 9.47 Å². The van der Waals surface area contributed by atoms with E-state index in [1.165, 1.54) is 35.4 Å². The van der Waals surface area contributed by atoms with E-state index in [0.717, 1.165) is 96.1 Å². The van der Waals surface area contributed by atoms with Crippen molar-refractivity contribution in [1.29, 1.82) is 0 Å². The van der Waals surface area contributed by atoms with Gasteiger partial charge in [-0.2, -0.15) is 36.4 Å². The maximum absolute atomic E-state index is 14.3. The largest absolute Gasteiger partial charge is 4.00 e. The molecule has 2 heterocycles. The van der Waals surface area contributed by atoms with Crippen LogP contribution in [0.1, 0.15) is 48.2 Å². The van der Waals surface area contributed by atoms with Crippen molar-refractivity contribution < 1.29 is 48.8 Å². The van der Waals surface area contributed by atoms with E-state index in [9.17, 15) is 17.6 Å². The van der Waals surface area contributed by atoms with E-state index in [0.29, 0.717) is 11.4 Å². The summed E-state index contributed by atoms with van der Waals surface area (Å²) in [7, 11) is 3.28. The fourth-order valence-corrected chi connectivity index (χ4v) is 7.71. The average Bonchev–Trinajstić information content (AvgIpc) is 4.07. The molecule has 2 aromatic heterocycles. The predicted octanol–water partition coefficient (Wildman–Crippen LogP) is 12.0. The van der Waals surface area contributed by atoms with Crippen LogP contribution in [0, 0.1) is 35.4 Å². The molecule has 10 rings (SSSR count). The topological polar surface area (TPSA) is 28.3 Å². The summed E-state index contributed by atoms with van der Waals surface area (Å²) < 4.78 is 69.6. The molecule has 57 heavy (non-hydrogen) atoms. The standard InChI is InChI=1S/2C19H16F2NO.2C5H5.Ti/c2*1-23-13-7-9-18-15(11-13)14-4-2-3-5-17(14)22(18)19-8-6-12(20)10-16(19)21;2*1-2-4-5-3-1;/h2*6-9,11H,2-5H2,1H3;2*1-5H;/q4*-1;+4. The Hall–Kier alpha value is -5.31. The van der Waals surface area contributed by atoms with Crippen molar-refractivity contribution in [3.63, 3.8) is 0 Å². The van der Waals surface area contributed by atoms with E-state index in [1.54, 1.807) is 14.2 Å². The molecule has 0 radical (unpaired) electrons. The van der Waals surface area contributed by atoms with Gasteiger partial charge in [0.2, 0.25) is 0 Å². The summed E-state index contributed by atoms with van der Waals surface area (Å²) >= 11 is 0. The van der Waals surface area contributed by atoms with Gasteiger partial charge in [-0.05, 0) is 110 Å². The fraction of sp³-hybridized carbons (Fsp3) is 0.208. The maximum atomic E-state index is 14.3. The minimum atomic E-state index is -0.682. The van der Waals surface area contributed by atoms with Crippen LogP contribution < -0.4 is 9.47 Å². The van der Waals surface area contributed by atoms with Gasteiger partial charge >= 0.3 is 21.7 Å². The zero-order valence-corrected chi connectivity index (χ0v) is 33.5. The van der Waals surface area contributed by atoms with Crippen LogP contribution in [0.25, 0.3) is 33.2 Å². The van der Waals surface area contributed by atoms with Crippen LogP contribution in [-0.4, -0.2) is 23.4 Å². The summed E-state index contributed by atoms with van der Waals surface area (Å²) in [6, 6.07) is 41.4. The number of hydrogen-bond acceptors (Lipinski definition) is 2. The van der Waals surface area contributed by atoms with Crippen LogP contribution in [0.3, 0.4) is 0 Å². The fourth-order valence-electron chi connectivity index (χ4n) is 7.71. The second kappa shape index (κ2) is 19.2. The molecule has 6 aromatic carbocycles. The summed E-state index contributed by atoms with van der Waals surface area (Å²) in [5, 5.41) is 2.17. The van der Waals surface area contributed by atoms with Gasteiger partial charge in [-0.3, -0.25) is 0 Å². The molecule has 0 unspecified atom stereocenters. The number of nitrogens with zero attached hydrogens (tertiary/aromatic N) is 2. The molecule has 0 amide bonds. The summed E-state index contributed by atoms with van der Waals surface area (Å²) in [4.78, 5) is 0. The van der Waals surface area contributed by atoms with E-state index in [-0.39, 0.29) is 21.7 Å². The first-order valence-electron chi connectivity index (χ1n) is 18.9. The first kappa shape index (κ1) is 41.3. The summed E-state index contributed by atoms with van der Waals surface area (Å²) in [5.74, 6) is -1.11. The number of fused-ring (bicyclic) bond motifs is 6. The number of ether oxygens (including phenoxy) is 2. The smallest absolute Gasteiger partial charge is 0.497 e. The summed E-state index contributed by atoms with van der Waals surface area (Å²) in [5.41, 5.74) is 7.27. The number of aryl methyl sites for hydroxylation is 2. The molecule has 2 aliphatic carbocycles. The van der Waals surface area contributed by atoms with Crippen LogP contribution in [0.5, 0.6) is 11.5 Å². The Labute approximate surface area is 345 Å². The van der Waals surface area contributed by atoms with Crippen molar-refractivity contribution in [3.05, 3.63) is 179 Å². The quantitative estimate of drug-likeness (QED) is 0.101. The number of methoxy groups -OCH3 is 2. The van der Waals surface area contributed by atoms with Gasteiger partial charge in [0.1, 0.15) is 11.5 Å². The molecule has 288 valence electrons. The molecule has 9 heteroatoms. The summed E-state index contributed by atoms with van der Waals surface area (Å²) in [6.07, 6.45) is 8.13. The zero-order valence-electron chi connectivity index (χ0n) is 31.9. The molecule has 4 nitrogen and oxygen atoms in total. The van der Waals surface area contributed by atoms with Crippen molar-refractivity contribution >= 4 is 21.8 Å². The van der Waals surface area contributed by atoms with Gasteiger partial charge < -0.3 is 18.6 Å². The number of benzene rings is 4. The number of rotatable bonds is 4. The second-order valence-electron chi connectivity index (χ2n) is 13.6. The molecule has 0 bridgehead atoms. The third-order valence-corrected chi connectivity index (χ3v) is 10.2. The summed E-state index contributed by atoms with van der Waals surface area (Å²) in [6.45, 7) is 0. The molecule has 0 spiro atoms. The predicted molar refractivity (Wildman–Crippen MR) is 215 cm³/mol. The van der Waals surface area contributed by atoms with Gasteiger partial charge in [0.15, 0.2) is 0 Å². The molecular formula is C48H42F4N2O2Ti. The van der Waals surface area contributed by atoms with Gasteiger partial charge in [-0.1, -0.05) is 0 Å². The van der Waals surface area contributed by atoms with Crippen molar-refractivity contribution in [2.75, 3.05) is 14.2 Å². The molecule has 0 aliphatic heterocycles. The maximum Gasteiger partial charge on any atom is 4.00 e. The third kappa shape index (κ3) is 9.14. The van der Waals surface area contributed by atoms with Crippen LogP contribution >= 0.6 is 0 Å². The zero-order chi connectivity index (χ0) is 39.0. The van der Waals surface area contributed by atoms with Crippen molar-refractivity contribution in [3.8, 4) is 22.9 Å². The van der Waals surface area contributed by atoms with Crippen molar-refractivity contribution in [2.45, 2.75) is 51.4 Å². The molecule has 0 N–H and O–H groups in total. The first-order chi connectivity index (χ1) is 27.4. The molecule has 2 aliphatic rings. The van der Waals surface area contributed by atoms with Gasteiger partial charge in [0, 0.05) is 56.5 Å². The number of hydrogen-bond donors (Lipinski definition) is 0. The first-order valence-corrected chi connectivity index (χ1v) is 18.9. The van der Waals surface area contributed by atoms with Crippen LogP contribution in [0.4, 0.5) is 17.6 Å². The normalized spacial score (nSPS) is 12.7. The molecule has 8 aromatic rings. The molecular weight excluding hydrogens is 760 g/mol. The Morgan fingerprint density at radius 2 is 0.912 bits per heavy atom. The average molecular weight is 803 g/mol. The Morgan fingerprint density at radius 3 is 1.25 bits per heavy atom. The molecule has 0 saturated carbocycles. The minimum absolute atomic E-state index is 0. The minimum Gasteiger partial charge on any atom is -0.497 e. The Bertz CT molecular complexity index is 2310. The van der Waals surface area contributed by atoms with E-state index < -0.39 is 23.3 Å². The van der Waals surface area contributed by atoms with Gasteiger partial charge in [-0.25, -0.2) is 41.8 Å². The SMILES string of the molecule is COc1ccc2c(c1)c1c(n2-c2ccc(F)[c-]c2F)CCCC1.COc1ccc2c(c1)c1c(n2-c2ccc(F)[c-]c2F)CCCC1.[Ti+4].c1cc[cH-]c1.c1cc[cH-]c1. The number of halogens is 4. The van der Waals surface area contributed by atoms with Crippen LogP contribution in [0.2, 0.25) is 0 Å². The Balaban J connectivity index is 0.000000152. The number of aromatic nitrogens is 2. The van der Waals surface area contributed by atoms with E-state index >= 15 is 0 Å². The van der Waals surface area contributed by atoms with Gasteiger partial charge in [0.25, 0.3) is 0 Å². The monoisotopic (exact) mass is 802 g/mol. The molecule has 0 saturated heterocycles. The van der Waals surface area contributed by atoms with Gasteiger partial charge in [-0.15, -0.1) is 36.4 Å². The van der Waals surface area contributed by atoms with Crippen molar-refractivity contribution in [2.24, 2.45) is 0 Å². The molecule has 0 fully saturated rings. The van der Waals surface area contributed by atoms with E-state index in [1.807, 2.05) is 106 Å². The van der Waals surface area contributed by atoms with Crippen molar-refractivity contribution in [1.82, 2.24) is 9.13 Å². The Kier molecular flexibility index (Phi) is 13.9. The third-order valence-electron chi connectivity index (χ3n) is 10.2. The van der Waals surface area contributed by atoms with Gasteiger partial charge in [0.05, 0.1) is 14.2 Å². The van der Waals surface area contributed by atoms with E-state index in [2.05, 4.69) is 12.1 Å². The molecule has 0 atom stereocenters.